The first-order valence-electron chi connectivity index (χ1n) is 6.23. The minimum absolute atomic E-state index is 0.0914. The Labute approximate surface area is 127 Å². The fourth-order valence-electron chi connectivity index (χ4n) is 2.39. The molecule has 4 nitrogen and oxygen atoms in total. The molecule has 0 aliphatic rings. The van der Waals surface area contributed by atoms with Crippen molar-refractivity contribution in [1.29, 1.82) is 0 Å². The number of rotatable bonds is 4. The largest absolute Gasteiger partial charge is 0.272 e. The topological polar surface area (TPSA) is 55.9 Å². The van der Waals surface area contributed by atoms with Gasteiger partial charge in [-0.2, -0.15) is 5.10 Å². The zero-order chi connectivity index (χ0) is 14.0. The molecule has 0 aliphatic carbocycles. The van der Waals surface area contributed by atoms with Gasteiger partial charge in [0.1, 0.15) is 0 Å². The van der Waals surface area contributed by atoms with E-state index < -0.39 is 0 Å². The van der Waals surface area contributed by atoms with E-state index in [9.17, 15) is 0 Å². The van der Waals surface area contributed by atoms with Gasteiger partial charge in [-0.05, 0) is 60.6 Å². The zero-order valence-electron chi connectivity index (χ0n) is 11.4. The molecule has 0 saturated carbocycles. The standard InChI is InChI=1S/C14H19IN4/c1-9-14(10(2)19(3)18-9)13(17-16)8-11-4-6-12(15)7-5-11/h4-7,13,17H,8,16H2,1-3H3. The van der Waals surface area contributed by atoms with Crippen molar-refractivity contribution >= 4 is 22.6 Å². The maximum atomic E-state index is 5.74. The molecule has 0 fully saturated rings. The second-order valence-electron chi connectivity index (χ2n) is 4.76. The number of hydrogen-bond acceptors (Lipinski definition) is 3. The van der Waals surface area contributed by atoms with Gasteiger partial charge in [0.15, 0.2) is 0 Å². The summed E-state index contributed by atoms with van der Waals surface area (Å²) in [5.41, 5.74) is 7.58. The van der Waals surface area contributed by atoms with Crippen LogP contribution in [0.3, 0.4) is 0 Å². The molecule has 1 heterocycles. The van der Waals surface area contributed by atoms with E-state index >= 15 is 0 Å². The van der Waals surface area contributed by atoms with Gasteiger partial charge in [-0.25, -0.2) is 0 Å². The molecule has 0 saturated heterocycles. The van der Waals surface area contributed by atoms with Crippen molar-refractivity contribution in [2.24, 2.45) is 12.9 Å². The van der Waals surface area contributed by atoms with Crippen molar-refractivity contribution in [3.8, 4) is 0 Å². The molecule has 1 aromatic carbocycles. The third-order valence-corrected chi connectivity index (χ3v) is 4.19. The minimum Gasteiger partial charge on any atom is -0.272 e. The van der Waals surface area contributed by atoms with E-state index in [1.165, 1.54) is 14.7 Å². The Morgan fingerprint density at radius 2 is 1.95 bits per heavy atom. The molecule has 102 valence electrons. The predicted octanol–water partition coefficient (Wildman–Crippen LogP) is 2.39. The summed E-state index contributed by atoms with van der Waals surface area (Å²) in [7, 11) is 1.96. The molecule has 0 amide bonds. The van der Waals surface area contributed by atoms with Crippen LogP contribution >= 0.6 is 22.6 Å². The van der Waals surface area contributed by atoms with E-state index in [-0.39, 0.29) is 6.04 Å². The van der Waals surface area contributed by atoms with E-state index in [1.54, 1.807) is 0 Å². The lowest BCUT2D eigenvalue weighted by atomic mass is 9.98. The number of nitrogens with two attached hydrogens (primary N) is 1. The van der Waals surface area contributed by atoms with E-state index in [2.05, 4.69) is 64.3 Å². The van der Waals surface area contributed by atoms with Gasteiger partial charge >= 0.3 is 0 Å². The minimum atomic E-state index is 0.0914. The van der Waals surface area contributed by atoms with Crippen molar-refractivity contribution in [2.45, 2.75) is 26.3 Å². The highest BCUT2D eigenvalue weighted by molar-refractivity contribution is 14.1. The van der Waals surface area contributed by atoms with Crippen LogP contribution in [-0.4, -0.2) is 9.78 Å². The Hall–Kier alpha value is -0.920. The number of halogens is 1. The molecule has 1 aromatic heterocycles. The van der Waals surface area contributed by atoms with Gasteiger partial charge < -0.3 is 0 Å². The first kappa shape index (κ1) is 14.5. The van der Waals surface area contributed by atoms with Crippen molar-refractivity contribution in [3.63, 3.8) is 0 Å². The summed E-state index contributed by atoms with van der Waals surface area (Å²) in [6.07, 6.45) is 0.862. The van der Waals surface area contributed by atoms with Crippen LogP contribution in [0.25, 0.3) is 0 Å². The first-order valence-corrected chi connectivity index (χ1v) is 7.31. The molecule has 2 rings (SSSR count). The molecule has 5 heteroatoms. The molecule has 1 atom stereocenters. The fourth-order valence-corrected chi connectivity index (χ4v) is 2.75. The van der Waals surface area contributed by atoms with Crippen LogP contribution in [0.2, 0.25) is 0 Å². The second-order valence-corrected chi connectivity index (χ2v) is 6.00. The average molecular weight is 370 g/mol. The molecule has 0 bridgehead atoms. The van der Waals surface area contributed by atoms with Gasteiger partial charge in [0.25, 0.3) is 0 Å². The molecular weight excluding hydrogens is 351 g/mol. The number of hydrazine groups is 1. The molecule has 19 heavy (non-hydrogen) atoms. The van der Waals surface area contributed by atoms with Gasteiger partial charge in [-0.1, -0.05) is 12.1 Å². The summed E-state index contributed by atoms with van der Waals surface area (Å²) in [6.45, 7) is 4.11. The fraction of sp³-hybridized carbons (Fsp3) is 0.357. The third kappa shape index (κ3) is 3.16. The van der Waals surface area contributed by atoms with Gasteiger partial charge in [-0.15, -0.1) is 0 Å². The van der Waals surface area contributed by atoms with Crippen molar-refractivity contribution < 1.29 is 0 Å². The lowest BCUT2D eigenvalue weighted by Crippen LogP contribution is -2.30. The van der Waals surface area contributed by atoms with E-state index in [4.69, 9.17) is 5.84 Å². The summed E-state index contributed by atoms with van der Waals surface area (Å²) < 4.78 is 3.15. The first-order chi connectivity index (χ1) is 9.02. The second kappa shape index (κ2) is 6.02. The van der Waals surface area contributed by atoms with Gasteiger partial charge in [0, 0.05) is 21.9 Å². The molecule has 0 spiro atoms. The van der Waals surface area contributed by atoms with Crippen molar-refractivity contribution in [3.05, 3.63) is 50.4 Å². The molecule has 3 N–H and O–H groups in total. The summed E-state index contributed by atoms with van der Waals surface area (Å²) in [6, 6.07) is 8.62. The number of aryl methyl sites for hydroxylation is 2. The van der Waals surface area contributed by atoms with Crippen LogP contribution in [0, 0.1) is 17.4 Å². The lowest BCUT2D eigenvalue weighted by Gasteiger charge is -2.17. The number of nitrogens with zero attached hydrogens (tertiary/aromatic N) is 2. The van der Waals surface area contributed by atoms with Crippen LogP contribution < -0.4 is 11.3 Å². The number of hydrogen-bond donors (Lipinski definition) is 2. The highest BCUT2D eigenvalue weighted by atomic mass is 127. The molecule has 1 unspecified atom stereocenters. The monoisotopic (exact) mass is 370 g/mol. The summed E-state index contributed by atoms with van der Waals surface area (Å²) >= 11 is 2.31. The van der Waals surface area contributed by atoms with Crippen LogP contribution in [0.4, 0.5) is 0 Å². The maximum Gasteiger partial charge on any atom is 0.0644 e. The molecule has 0 aliphatic heterocycles. The Balaban J connectivity index is 2.27. The summed E-state index contributed by atoms with van der Waals surface area (Å²) in [5, 5.41) is 4.46. The maximum absolute atomic E-state index is 5.74. The number of nitrogens with one attached hydrogen (secondary N) is 1. The zero-order valence-corrected chi connectivity index (χ0v) is 13.6. The highest BCUT2D eigenvalue weighted by Crippen LogP contribution is 2.24. The van der Waals surface area contributed by atoms with Crippen molar-refractivity contribution in [2.75, 3.05) is 0 Å². The van der Waals surface area contributed by atoms with Crippen LogP contribution in [0.1, 0.15) is 28.6 Å². The Kier molecular flexibility index (Phi) is 4.59. The quantitative estimate of drug-likeness (QED) is 0.494. The number of benzene rings is 1. The SMILES string of the molecule is Cc1nn(C)c(C)c1C(Cc1ccc(I)cc1)NN. The normalized spacial score (nSPS) is 12.7. The van der Waals surface area contributed by atoms with Gasteiger partial charge in [0.05, 0.1) is 11.7 Å². The molecule has 2 aromatic rings. The molecule has 0 radical (unpaired) electrons. The average Bonchev–Trinajstić information content (AvgIpc) is 2.63. The van der Waals surface area contributed by atoms with Crippen LogP contribution in [0.5, 0.6) is 0 Å². The predicted molar refractivity (Wildman–Crippen MR) is 85.6 cm³/mol. The Bertz CT molecular complexity index is 560. The number of aromatic nitrogens is 2. The van der Waals surface area contributed by atoms with Crippen LogP contribution in [-0.2, 0) is 13.5 Å². The van der Waals surface area contributed by atoms with Crippen molar-refractivity contribution in [1.82, 2.24) is 15.2 Å². The van der Waals surface area contributed by atoms with Crippen LogP contribution in [0.15, 0.2) is 24.3 Å². The van der Waals surface area contributed by atoms with E-state index in [0.29, 0.717) is 0 Å². The Morgan fingerprint density at radius 1 is 1.32 bits per heavy atom. The van der Waals surface area contributed by atoms with E-state index in [1.807, 2.05) is 18.7 Å². The summed E-state index contributed by atoms with van der Waals surface area (Å²) in [5.74, 6) is 5.74. The Morgan fingerprint density at radius 3 is 2.42 bits per heavy atom. The van der Waals surface area contributed by atoms with Gasteiger partial charge in [-0.3, -0.25) is 16.0 Å². The third-order valence-electron chi connectivity index (χ3n) is 3.47. The lowest BCUT2D eigenvalue weighted by molar-refractivity contribution is 0.546. The molecular formula is C14H19IN4. The highest BCUT2D eigenvalue weighted by Gasteiger charge is 2.19. The van der Waals surface area contributed by atoms with Gasteiger partial charge in [0.2, 0.25) is 0 Å². The smallest absolute Gasteiger partial charge is 0.0644 e. The summed E-state index contributed by atoms with van der Waals surface area (Å²) in [4.78, 5) is 0. The van der Waals surface area contributed by atoms with E-state index in [0.717, 1.165) is 17.8 Å².